The van der Waals surface area contributed by atoms with E-state index in [-0.39, 0.29) is 6.04 Å². The number of hydrogen-bond donors (Lipinski definition) is 1. The van der Waals surface area contributed by atoms with E-state index in [2.05, 4.69) is 93.7 Å². The first kappa shape index (κ1) is 16.6. The van der Waals surface area contributed by atoms with E-state index in [9.17, 15) is 0 Å². The van der Waals surface area contributed by atoms with Crippen LogP contribution in [0.5, 0.6) is 0 Å². The quantitative estimate of drug-likeness (QED) is 0.461. The Morgan fingerprint density at radius 2 is 1.58 bits per heavy atom. The lowest BCUT2D eigenvalue weighted by Crippen LogP contribution is -2.09. The Bertz CT molecular complexity index is 1110. The second-order valence-corrected chi connectivity index (χ2v) is 7.24. The van der Waals surface area contributed by atoms with Gasteiger partial charge >= 0.3 is 0 Å². The number of aryl methyl sites for hydroxylation is 3. The first-order valence-corrected chi connectivity index (χ1v) is 9.16. The molecule has 4 aromatic rings. The molecule has 0 aliphatic heterocycles. The van der Waals surface area contributed by atoms with Crippen LogP contribution in [0, 0.1) is 20.8 Å². The van der Waals surface area contributed by atoms with Crippen molar-refractivity contribution in [3.63, 3.8) is 0 Å². The molecule has 0 spiro atoms. The molecular weight excluding hydrogens is 316 g/mol. The van der Waals surface area contributed by atoms with Crippen molar-refractivity contribution in [1.29, 1.82) is 0 Å². The molecule has 4 rings (SSSR count). The maximum atomic E-state index is 4.91. The van der Waals surface area contributed by atoms with Gasteiger partial charge in [0.15, 0.2) is 0 Å². The lowest BCUT2D eigenvalue weighted by Gasteiger charge is -2.18. The average molecular weight is 340 g/mol. The molecule has 2 nitrogen and oxygen atoms in total. The van der Waals surface area contributed by atoms with Gasteiger partial charge in [0.1, 0.15) is 5.82 Å². The molecule has 1 heterocycles. The minimum absolute atomic E-state index is 0.177. The Labute approximate surface area is 154 Å². The second-order valence-electron chi connectivity index (χ2n) is 7.24. The number of fused-ring (bicyclic) bond motifs is 2. The van der Waals surface area contributed by atoms with Crippen LogP contribution in [0.4, 0.5) is 5.82 Å². The van der Waals surface area contributed by atoms with Crippen molar-refractivity contribution in [3.05, 3.63) is 82.9 Å². The van der Waals surface area contributed by atoms with E-state index < -0.39 is 0 Å². The lowest BCUT2D eigenvalue weighted by molar-refractivity contribution is 0.885. The number of hydrogen-bond acceptors (Lipinski definition) is 2. The fourth-order valence-electron chi connectivity index (χ4n) is 3.85. The van der Waals surface area contributed by atoms with E-state index in [4.69, 9.17) is 4.98 Å². The van der Waals surface area contributed by atoms with E-state index in [0.717, 1.165) is 11.3 Å². The number of rotatable bonds is 3. The number of nitrogens with zero attached hydrogens (tertiary/aromatic N) is 1. The third-order valence-electron chi connectivity index (χ3n) is 5.11. The van der Waals surface area contributed by atoms with Crippen LogP contribution in [0.25, 0.3) is 21.7 Å². The highest BCUT2D eigenvalue weighted by atomic mass is 15.0. The van der Waals surface area contributed by atoms with Gasteiger partial charge in [-0.2, -0.15) is 0 Å². The van der Waals surface area contributed by atoms with Gasteiger partial charge < -0.3 is 5.32 Å². The molecule has 0 aliphatic carbocycles. The van der Waals surface area contributed by atoms with E-state index in [0.29, 0.717) is 0 Å². The summed E-state index contributed by atoms with van der Waals surface area (Å²) < 4.78 is 0. The minimum atomic E-state index is 0.177. The van der Waals surface area contributed by atoms with Crippen LogP contribution in [0.1, 0.15) is 35.2 Å². The Morgan fingerprint density at radius 1 is 0.808 bits per heavy atom. The summed E-state index contributed by atoms with van der Waals surface area (Å²) in [5.74, 6) is 0.933. The van der Waals surface area contributed by atoms with Crippen LogP contribution in [-0.2, 0) is 0 Å². The molecule has 1 aromatic heterocycles. The Kier molecular flexibility index (Phi) is 4.12. The van der Waals surface area contributed by atoms with Gasteiger partial charge in [0, 0.05) is 5.39 Å². The molecule has 1 atom stereocenters. The number of anilines is 1. The van der Waals surface area contributed by atoms with Crippen molar-refractivity contribution >= 4 is 27.5 Å². The summed E-state index contributed by atoms with van der Waals surface area (Å²) in [7, 11) is 0. The largest absolute Gasteiger partial charge is 0.364 e. The highest BCUT2D eigenvalue weighted by molar-refractivity contribution is 5.88. The molecule has 2 heteroatoms. The van der Waals surface area contributed by atoms with Crippen molar-refractivity contribution < 1.29 is 0 Å². The van der Waals surface area contributed by atoms with Gasteiger partial charge in [-0.15, -0.1) is 0 Å². The smallest absolute Gasteiger partial charge is 0.127 e. The molecule has 3 aromatic carbocycles. The average Bonchev–Trinajstić information content (AvgIpc) is 2.62. The number of pyridine rings is 1. The maximum Gasteiger partial charge on any atom is 0.127 e. The van der Waals surface area contributed by atoms with Crippen LogP contribution in [-0.4, -0.2) is 4.98 Å². The second kappa shape index (κ2) is 6.45. The van der Waals surface area contributed by atoms with Crippen LogP contribution < -0.4 is 5.32 Å². The van der Waals surface area contributed by atoms with Crippen LogP contribution in [0.2, 0.25) is 0 Å². The minimum Gasteiger partial charge on any atom is -0.364 e. The van der Waals surface area contributed by atoms with Gasteiger partial charge in [-0.3, -0.25) is 0 Å². The van der Waals surface area contributed by atoms with Crippen LogP contribution in [0.15, 0.2) is 60.7 Å². The lowest BCUT2D eigenvalue weighted by atomic mass is 9.99. The molecule has 1 N–H and O–H groups in total. The highest BCUT2D eigenvalue weighted by Crippen LogP contribution is 2.29. The third kappa shape index (κ3) is 2.92. The molecule has 0 bridgehead atoms. The van der Waals surface area contributed by atoms with Gasteiger partial charge in [-0.1, -0.05) is 54.1 Å². The molecule has 0 radical (unpaired) electrons. The standard InChI is InChI=1S/C24H24N2/c1-15-12-17(3)24-22(13-15)16(2)14-23(26-24)25-18(4)20-11-7-9-19-8-5-6-10-21(19)20/h5-14,18H,1-4H3,(H,25,26). The molecular formula is C24H24N2. The molecule has 130 valence electrons. The van der Waals surface area contributed by atoms with Gasteiger partial charge in [-0.05, 0) is 67.3 Å². The van der Waals surface area contributed by atoms with Crippen molar-refractivity contribution in [2.24, 2.45) is 0 Å². The van der Waals surface area contributed by atoms with E-state index in [1.807, 2.05) is 0 Å². The summed E-state index contributed by atoms with van der Waals surface area (Å²) in [6, 6.07) is 21.8. The van der Waals surface area contributed by atoms with Crippen molar-refractivity contribution in [2.45, 2.75) is 33.7 Å². The van der Waals surface area contributed by atoms with Crippen molar-refractivity contribution in [3.8, 4) is 0 Å². The highest BCUT2D eigenvalue weighted by Gasteiger charge is 2.12. The number of aromatic nitrogens is 1. The van der Waals surface area contributed by atoms with Crippen LogP contribution in [0.3, 0.4) is 0 Å². The Balaban J connectivity index is 1.75. The summed E-state index contributed by atoms with van der Waals surface area (Å²) in [6.45, 7) is 8.64. The van der Waals surface area contributed by atoms with E-state index >= 15 is 0 Å². The maximum absolute atomic E-state index is 4.91. The Hall–Kier alpha value is -2.87. The predicted octanol–water partition coefficient (Wildman–Crippen LogP) is 6.49. The fourth-order valence-corrected chi connectivity index (χ4v) is 3.85. The molecule has 0 saturated heterocycles. The predicted molar refractivity (Wildman–Crippen MR) is 112 cm³/mol. The number of benzene rings is 3. The van der Waals surface area contributed by atoms with Gasteiger partial charge in [0.05, 0.1) is 11.6 Å². The molecule has 26 heavy (non-hydrogen) atoms. The van der Waals surface area contributed by atoms with Crippen LogP contribution >= 0.6 is 0 Å². The SMILES string of the molecule is Cc1cc(C)c2nc(NC(C)c3cccc4ccccc34)cc(C)c2c1. The van der Waals surface area contributed by atoms with Gasteiger partial charge in [0.25, 0.3) is 0 Å². The van der Waals surface area contributed by atoms with Gasteiger partial charge in [-0.25, -0.2) is 4.98 Å². The van der Waals surface area contributed by atoms with E-state index in [1.54, 1.807) is 0 Å². The molecule has 0 aliphatic rings. The first-order valence-electron chi connectivity index (χ1n) is 9.16. The van der Waals surface area contributed by atoms with Gasteiger partial charge in [0.2, 0.25) is 0 Å². The summed E-state index contributed by atoms with van der Waals surface area (Å²) in [6.07, 6.45) is 0. The molecule has 0 fully saturated rings. The van der Waals surface area contributed by atoms with E-state index in [1.165, 1.54) is 38.4 Å². The summed E-state index contributed by atoms with van der Waals surface area (Å²) in [5.41, 5.74) is 6.15. The fraction of sp³-hybridized carbons (Fsp3) is 0.208. The zero-order valence-corrected chi connectivity index (χ0v) is 15.8. The zero-order chi connectivity index (χ0) is 18.3. The summed E-state index contributed by atoms with van der Waals surface area (Å²) in [5, 5.41) is 7.42. The summed E-state index contributed by atoms with van der Waals surface area (Å²) in [4.78, 5) is 4.91. The van der Waals surface area contributed by atoms with Crippen molar-refractivity contribution in [1.82, 2.24) is 4.98 Å². The molecule has 0 saturated carbocycles. The third-order valence-corrected chi connectivity index (χ3v) is 5.11. The zero-order valence-electron chi connectivity index (χ0n) is 15.8. The normalized spacial score (nSPS) is 12.5. The molecule has 1 unspecified atom stereocenters. The summed E-state index contributed by atoms with van der Waals surface area (Å²) >= 11 is 0. The molecule has 0 amide bonds. The monoisotopic (exact) mass is 340 g/mol. The van der Waals surface area contributed by atoms with Crippen molar-refractivity contribution in [2.75, 3.05) is 5.32 Å². The number of nitrogens with one attached hydrogen (secondary N) is 1. The first-order chi connectivity index (χ1) is 12.5. The Morgan fingerprint density at radius 3 is 2.42 bits per heavy atom. The topological polar surface area (TPSA) is 24.9 Å².